The van der Waals surface area contributed by atoms with E-state index in [0.717, 1.165) is 44.3 Å². The van der Waals surface area contributed by atoms with Crippen LogP contribution in [0.5, 0.6) is 5.75 Å². The molecule has 1 N–H and O–H groups in total. The Morgan fingerprint density at radius 3 is 2.68 bits per heavy atom. The molecule has 182 valence electrons. The zero-order chi connectivity index (χ0) is 23.5. The van der Waals surface area contributed by atoms with E-state index < -0.39 is 0 Å². The highest BCUT2D eigenvalue weighted by Gasteiger charge is 2.58. The van der Waals surface area contributed by atoms with Gasteiger partial charge in [-0.3, -0.25) is 4.79 Å². The summed E-state index contributed by atoms with van der Waals surface area (Å²) < 4.78 is 6.12. The molecule has 0 heterocycles. The number of rotatable bonds is 9. The summed E-state index contributed by atoms with van der Waals surface area (Å²) in [6.45, 7) is 3.19. The first-order valence-electron chi connectivity index (χ1n) is 13.5. The Labute approximate surface area is 204 Å². The molecule has 3 aliphatic carbocycles. The Bertz CT molecular complexity index is 983. The van der Waals surface area contributed by atoms with Crippen molar-refractivity contribution in [3.05, 3.63) is 65.2 Å². The number of carbonyl (C=O) groups excluding carboxylic acids is 1. The molecule has 0 amide bonds. The van der Waals surface area contributed by atoms with Crippen molar-refractivity contribution in [2.75, 3.05) is 6.61 Å². The van der Waals surface area contributed by atoms with Crippen LogP contribution in [-0.2, 0) is 17.8 Å². The molecule has 1 unspecified atom stereocenters. The van der Waals surface area contributed by atoms with Gasteiger partial charge in [-0.25, -0.2) is 0 Å². The van der Waals surface area contributed by atoms with Gasteiger partial charge >= 0.3 is 0 Å². The Morgan fingerprint density at radius 2 is 1.85 bits per heavy atom. The van der Waals surface area contributed by atoms with Crippen LogP contribution in [0.25, 0.3) is 0 Å². The van der Waals surface area contributed by atoms with Gasteiger partial charge in [0, 0.05) is 18.4 Å². The summed E-state index contributed by atoms with van der Waals surface area (Å²) in [5.41, 5.74) is 4.07. The number of ether oxygens (including phenoxy) is 1. The van der Waals surface area contributed by atoms with Gasteiger partial charge in [-0.2, -0.15) is 0 Å². The predicted molar refractivity (Wildman–Crippen MR) is 136 cm³/mol. The molecule has 34 heavy (non-hydrogen) atoms. The summed E-state index contributed by atoms with van der Waals surface area (Å²) in [5.74, 6) is 3.82. The summed E-state index contributed by atoms with van der Waals surface area (Å²) in [6.07, 6.45) is 10.9. The van der Waals surface area contributed by atoms with E-state index in [9.17, 15) is 4.79 Å². The Hall–Kier alpha value is -2.13. The molecule has 3 heteroatoms. The second-order valence-electron chi connectivity index (χ2n) is 11.2. The van der Waals surface area contributed by atoms with Crippen LogP contribution in [0.2, 0.25) is 0 Å². The molecule has 2 saturated carbocycles. The third-order valence-electron chi connectivity index (χ3n) is 9.27. The summed E-state index contributed by atoms with van der Waals surface area (Å²) in [5, 5.41) is 9.06. The van der Waals surface area contributed by atoms with E-state index in [1.807, 2.05) is 6.07 Å². The molecule has 0 saturated heterocycles. The van der Waals surface area contributed by atoms with Crippen molar-refractivity contribution in [1.29, 1.82) is 0 Å². The normalized spacial score (nSPS) is 29.9. The van der Waals surface area contributed by atoms with Gasteiger partial charge in [0.1, 0.15) is 18.1 Å². The molecule has 0 aliphatic heterocycles. The smallest absolute Gasteiger partial charge is 0.139 e. The van der Waals surface area contributed by atoms with Crippen LogP contribution in [-0.4, -0.2) is 17.5 Å². The standard InChI is InChI=1S/C31H40O3/c1-31-17-16-27-26-15-13-25(34-21-22-9-5-4-6-10-22)19-23(26)12-14-28(27)30(31)24(20-29(31)33)11-7-2-3-8-18-32/h4-6,9-10,13,15,19,24,27-28,30,32H,2-3,7-8,11-12,14,16-18,20-21H2,1H3/t24?,27-,28-,30+,31-/m1/s1. The molecular formula is C31H40O3. The molecule has 0 bridgehead atoms. The lowest BCUT2D eigenvalue weighted by Crippen LogP contribution is -2.44. The molecule has 2 aromatic carbocycles. The fourth-order valence-electron chi connectivity index (χ4n) is 7.59. The van der Waals surface area contributed by atoms with Crippen molar-refractivity contribution in [2.24, 2.45) is 23.2 Å². The van der Waals surface area contributed by atoms with Crippen LogP contribution in [0.3, 0.4) is 0 Å². The van der Waals surface area contributed by atoms with Gasteiger partial charge in [-0.05, 0) is 91.0 Å². The number of ketones is 1. The molecule has 0 spiro atoms. The van der Waals surface area contributed by atoms with Crippen LogP contribution < -0.4 is 4.74 Å². The number of hydrogen-bond acceptors (Lipinski definition) is 3. The second kappa shape index (κ2) is 10.2. The minimum absolute atomic E-state index is 0.104. The number of hydrogen-bond donors (Lipinski definition) is 1. The summed E-state index contributed by atoms with van der Waals surface area (Å²) in [4.78, 5) is 13.2. The average Bonchev–Trinajstić information content (AvgIpc) is 3.12. The third-order valence-corrected chi connectivity index (χ3v) is 9.27. The summed E-state index contributed by atoms with van der Waals surface area (Å²) in [7, 11) is 0. The van der Waals surface area contributed by atoms with Crippen molar-refractivity contribution in [3.8, 4) is 5.75 Å². The largest absolute Gasteiger partial charge is 0.489 e. The third kappa shape index (κ3) is 4.56. The zero-order valence-electron chi connectivity index (χ0n) is 20.7. The Balaban J connectivity index is 1.29. The quantitative estimate of drug-likeness (QED) is 0.416. The van der Waals surface area contributed by atoms with E-state index in [-0.39, 0.29) is 5.41 Å². The van der Waals surface area contributed by atoms with Gasteiger partial charge in [-0.1, -0.05) is 62.6 Å². The van der Waals surface area contributed by atoms with Gasteiger partial charge < -0.3 is 9.84 Å². The number of benzene rings is 2. The Kier molecular flexibility index (Phi) is 7.11. The molecule has 0 aromatic heterocycles. The van der Waals surface area contributed by atoms with E-state index in [4.69, 9.17) is 9.84 Å². The number of unbranched alkanes of at least 4 members (excludes halogenated alkanes) is 3. The lowest BCUT2D eigenvalue weighted by Gasteiger charge is -2.50. The SMILES string of the molecule is C[C@]12CC[C@@H]3c4ccc(OCc5ccccc5)cc4CC[C@H]3[C@@H]1C(CCCCCCO)CC2=O. The number of fused-ring (bicyclic) bond motifs is 5. The van der Waals surface area contributed by atoms with E-state index in [1.54, 1.807) is 0 Å². The zero-order valence-corrected chi connectivity index (χ0v) is 20.7. The first kappa shape index (κ1) is 23.6. The van der Waals surface area contributed by atoms with Crippen molar-refractivity contribution in [3.63, 3.8) is 0 Å². The molecule has 2 fully saturated rings. The molecule has 2 aromatic rings. The molecule has 5 atom stereocenters. The molecule has 5 rings (SSSR count). The van der Waals surface area contributed by atoms with Crippen molar-refractivity contribution in [2.45, 2.75) is 83.7 Å². The number of Topliss-reactive ketones (excluding diaryl/α,β-unsaturated/α-hetero) is 1. The minimum atomic E-state index is -0.104. The summed E-state index contributed by atoms with van der Waals surface area (Å²) in [6, 6.07) is 17.1. The fourth-order valence-corrected chi connectivity index (χ4v) is 7.59. The molecule has 3 nitrogen and oxygen atoms in total. The van der Waals surface area contributed by atoms with Crippen LogP contribution in [0, 0.1) is 23.2 Å². The molecule has 0 radical (unpaired) electrons. The maximum Gasteiger partial charge on any atom is 0.139 e. The van der Waals surface area contributed by atoms with E-state index >= 15 is 0 Å². The number of aliphatic hydroxyl groups is 1. The van der Waals surface area contributed by atoms with Crippen molar-refractivity contribution < 1.29 is 14.6 Å². The monoisotopic (exact) mass is 460 g/mol. The Morgan fingerprint density at radius 1 is 1.03 bits per heavy atom. The van der Waals surface area contributed by atoms with Gasteiger partial charge in [0.15, 0.2) is 0 Å². The molecule has 3 aliphatic rings. The highest BCUT2D eigenvalue weighted by atomic mass is 16.5. The fraction of sp³-hybridized carbons (Fsp3) is 0.581. The topological polar surface area (TPSA) is 46.5 Å². The van der Waals surface area contributed by atoms with Gasteiger partial charge in [0.05, 0.1) is 0 Å². The first-order valence-corrected chi connectivity index (χ1v) is 13.5. The number of aliphatic hydroxyl groups excluding tert-OH is 1. The average molecular weight is 461 g/mol. The van der Waals surface area contributed by atoms with Crippen LogP contribution >= 0.6 is 0 Å². The second-order valence-corrected chi connectivity index (χ2v) is 11.2. The van der Waals surface area contributed by atoms with Gasteiger partial charge in [0.2, 0.25) is 0 Å². The van der Waals surface area contributed by atoms with Crippen molar-refractivity contribution >= 4 is 5.78 Å². The maximum atomic E-state index is 13.2. The van der Waals surface area contributed by atoms with Gasteiger partial charge in [-0.15, -0.1) is 0 Å². The van der Waals surface area contributed by atoms with Crippen LogP contribution in [0.4, 0.5) is 0 Å². The lowest BCUT2D eigenvalue weighted by molar-refractivity contribution is -0.129. The first-order chi connectivity index (χ1) is 16.6. The summed E-state index contributed by atoms with van der Waals surface area (Å²) >= 11 is 0. The highest BCUT2D eigenvalue weighted by Crippen LogP contribution is 2.62. The molecular weight excluding hydrogens is 420 g/mol. The van der Waals surface area contributed by atoms with Crippen molar-refractivity contribution in [1.82, 2.24) is 0 Å². The highest BCUT2D eigenvalue weighted by molar-refractivity contribution is 5.87. The van der Waals surface area contributed by atoms with E-state index in [0.29, 0.717) is 42.7 Å². The maximum absolute atomic E-state index is 13.2. The number of carbonyl (C=O) groups is 1. The van der Waals surface area contributed by atoms with E-state index in [1.165, 1.54) is 42.4 Å². The lowest BCUT2D eigenvalue weighted by atomic mass is 9.54. The van der Waals surface area contributed by atoms with Crippen LogP contribution in [0.15, 0.2) is 48.5 Å². The predicted octanol–water partition coefficient (Wildman–Crippen LogP) is 6.86. The number of aryl methyl sites for hydroxylation is 1. The van der Waals surface area contributed by atoms with E-state index in [2.05, 4.69) is 49.4 Å². The minimum Gasteiger partial charge on any atom is -0.489 e. The van der Waals surface area contributed by atoms with Crippen LogP contribution in [0.1, 0.15) is 87.3 Å². The van der Waals surface area contributed by atoms with Gasteiger partial charge in [0.25, 0.3) is 0 Å².